The average Bonchev–Trinajstić information content (AvgIpc) is 3.00. The Morgan fingerprint density at radius 1 is 1.20 bits per heavy atom. The number of fused-ring (bicyclic) bond motifs is 5. The SMILES string of the molecule is CC1(C)C[C@H]2C[C@@](C)(CN2c2ncnc3c2[nH]c2ccc(Cl)cc23)C1. The number of halogens is 1. The van der Waals surface area contributed by atoms with Crippen LogP contribution in [0.3, 0.4) is 0 Å². The van der Waals surface area contributed by atoms with Crippen molar-refractivity contribution in [3.05, 3.63) is 29.5 Å². The second-order valence-electron chi connectivity index (χ2n) is 9.08. The third kappa shape index (κ3) is 2.34. The minimum absolute atomic E-state index is 0.374. The maximum atomic E-state index is 6.20. The zero-order valence-corrected chi connectivity index (χ0v) is 15.7. The van der Waals surface area contributed by atoms with Crippen molar-refractivity contribution in [2.75, 3.05) is 11.4 Å². The van der Waals surface area contributed by atoms with Gasteiger partial charge in [0.1, 0.15) is 17.4 Å². The van der Waals surface area contributed by atoms with Crippen LogP contribution in [0, 0.1) is 10.8 Å². The van der Waals surface area contributed by atoms with Gasteiger partial charge in [-0.15, -0.1) is 0 Å². The Hall–Kier alpha value is -1.81. The van der Waals surface area contributed by atoms with Crippen LogP contribution in [0.5, 0.6) is 0 Å². The molecule has 0 unspecified atom stereocenters. The molecule has 1 aromatic carbocycles. The van der Waals surface area contributed by atoms with Crippen molar-refractivity contribution in [2.24, 2.45) is 10.8 Å². The van der Waals surface area contributed by atoms with Crippen LogP contribution in [-0.4, -0.2) is 27.5 Å². The smallest absolute Gasteiger partial charge is 0.156 e. The number of benzene rings is 1. The molecule has 0 spiro atoms. The summed E-state index contributed by atoms with van der Waals surface area (Å²) in [7, 11) is 0. The molecule has 2 atom stereocenters. The van der Waals surface area contributed by atoms with E-state index in [1.807, 2.05) is 18.2 Å². The van der Waals surface area contributed by atoms with Crippen molar-refractivity contribution in [2.45, 2.75) is 46.1 Å². The first kappa shape index (κ1) is 15.4. The molecule has 2 fully saturated rings. The fraction of sp³-hybridized carbons (Fsp3) is 0.500. The van der Waals surface area contributed by atoms with Gasteiger partial charge in [0.2, 0.25) is 0 Å². The number of H-pyrrole nitrogens is 1. The lowest BCUT2D eigenvalue weighted by atomic mass is 9.65. The molecule has 1 aliphatic heterocycles. The van der Waals surface area contributed by atoms with Crippen LogP contribution in [0.1, 0.15) is 40.0 Å². The van der Waals surface area contributed by atoms with Gasteiger partial charge in [0, 0.05) is 28.5 Å². The van der Waals surface area contributed by atoms with Crippen molar-refractivity contribution in [1.29, 1.82) is 0 Å². The summed E-state index contributed by atoms with van der Waals surface area (Å²) >= 11 is 6.20. The first-order valence-corrected chi connectivity index (χ1v) is 9.40. The number of hydrogen-bond donors (Lipinski definition) is 1. The lowest BCUT2D eigenvalue weighted by molar-refractivity contribution is 0.136. The molecule has 3 heterocycles. The molecule has 5 heteroatoms. The highest BCUT2D eigenvalue weighted by Gasteiger charge is 2.50. The van der Waals surface area contributed by atoms with Crippen LogP contribution < -0.4 is 4.90 Å². The van der Waals surface area contributed by atoms with Crippen LogP contribution in [0.15, 0.2) is 24.5 Å². The predicted molar refractivity (Wildman–Crippen MR) is 103 cm³/mol. The highest BCUT2D eigenvalue weighted by Crippen LogP contribution is 2.53. The van der Waals surface area contributed by atoms with Crippen LogP contribution >= 0.6 is 11.6 Å². The van der Waals surface area contributed by atoms with Gasteiger partial charge in [-0.2, -0.15) is 0 Å². The molecule has 2 aromatic heterocycles. The summed E-state index contributed by atoms with van der Waals surface area (Å²) in [5.41, 5.74) is 3.84. The number of aromatic nitrogens is 3. The summed E-state index contributed by atoms with van der Waals surface area (Å²) in [6.45, 7) is 8.32. The molecule has 1 N–H and O–H groups in total. The normalized spacial score (nSPS) is 28.2. The fourth-order valence-corrected chi connectivity index (χ4v) is 5.75. The Balaban J connectivity index is 1.68. The summed E-state index contributed by atoms with van der Waals surface area (Å²) in [6, 6.07) is 6.48. The first-order chi connectivity index (χ1) is 11.8. The molecule has 1 saturated heterocycles. The van der Waals surface area contributed by atoms with E-state index in [2.05, 4.69) is 35.6 Å². The summed E-state index contributed by atoms with van der Waals surface area (Å²) < 4.78 is 0. The molecule has 0 radical (unpaired) electrons. The third-order valence-electron chi connectivity index (χ3n) is 6.01. The van der Waals surface area contributed by atoms with Gasteiger partial charge in [0.05, 0.1) is 0 Å². The van der Waals surface area contributed by atoms with E-state index < -0.39 is 0 Å². The van der Waals surface area contributed by atoms with Gasteiger partial charge in [-0.3, -0.25) is 0 Å². The number of hydrogen-bond acceptors (Lipinski definition) is 3. The van der Waals surface area contributed by atoms with Gasteiger partial charge in [-0.25, -0.2) is 9.97 Å². The Morgan fingerprint density at radius 3 is 2.88 bits per heavy atom. The van der Waals surface area contributed by atoms with E-state index in [0.29, 0.717) is 16.9 Å². The molecular formula is C20H23ClN4. The van der Waals surface area contributed by atoms with E-state index in [1.54, 1.807) is 6.33 Å². The Kier molecular flexibility index (Phi) is 3.01. The summed E-state index contributed by atoms with van der Waals surface area (Å²) in [4.78, 5) is 15.3. The Bertz CT molecular complexity index is 992. The number of rotatable bonds is 1. The summed E-state index contributed by atoms with van der Waals surface area (Å²) in [6.07, 6.45) is 5.46. The summed E-state index contributed by atoms with van der Waals surface area (Å²) in [5.74, 6) is 1.05. The van der Waals surface area contributed by atoms with Gasteiger partial charge in [-0.05, 0) is 48.3 Å². The van der Waals surface area contributed by atoms with Crippen LogP contribution in [0.25, 0.3) is 21.9 Å². The third-order valence-corrected chi connectivity index (χ3v) is 6.25. The van der Waals surface area contributed by atoms with E-state index in [0.717, 1.165) is 39.3 Å². The van der Waals surface area contributed by atoms with E-state index in [9.17, 15) is 0 Å². The average molecular weight is 355 g/mol. The number of nitrogens with zero attached hydrogens (tertiary/aromatic N) is 3. The van der Waals surface area contributed by atoms with Crippen LogP contribution in [-0.2, 0) is 0 Å². The molecular weight excluding hydrogens is 332 g/mol. The van der Waals surface area contributed by atoms with Crippen molar-refractivity contribution in [3.8, 4) is 0 Å². The number of anilines is 1. The lowest BCUT2D eigenvalue weighted by Gasteiger charge is -2.39. The number of nitrogens with one attached hydrogen (secondary N) is 1. The topological polar surface area (TPSA) is 44.8 Å². The van der Waals surface area contributed by atoms with Crippen LogP contribution in [0.2, 0.25) is 5.02 Å². The molecule has 3 aromatic rings. The Labute approximate surface area is 152 Å². The molecule has 1 aliphatic carbocycles. The van der Waals surface area contributed by atoms with Gasteiger partial charge in [0.15, 0.2) is 5.82 Å². The maximum absolute atomic E-state index is 6.20. The molecule has 1 saturated carbocycles. The monoisotopic (exact) mass is 354 g/mol. The molecule has 5 rings (SSSR count). The fourth-order valence-electron chi connectivity index (χ4n) is 5.58. The number of aromatic amines is 1. The standard InChI is InChI=1S/C20H23ClN4/c1-19(2)7-13-8-20(3,9-19)10-25(13)18-17-16(22-11-23-18)14-6-12(21)4-5-15(14)24-17/h4-6,11,13,24H,7-10H2,1-3H3/t13-,20+/m0/s1. The van der Waals surface area contributed by atoms with E-state index in [4.69, 9.17) is 16.6 Å². The van der Waals surface area contributed by atoms with E-state index in [-0.39, 0.29) is 0 Å². The highest BCUT2D eigenvalue weighted by atomic mass is 35.5. The van der Waals surface area contributed by atoms with Crippen molar-refractivity contribution >= 4 is 39.4 Å². The second-order valence-corrected chi connectivity index (χ2v) is 9.51. The van der Waals surface area contributed by atoms with Gasteiger partial charge in [0.25, 0.3) is 0 Å². The summed E-state index contributed by atoms with van der Waals surface area (Å²) in [5, 5.41) is 1.81. The van der Waals surface area contributed by atoms with Crippen LogP contribution in [0.4, 0.5) is 5.82 Å². The van der Waals surface area contributed by atoms with Gasteiger partial charge < -0.3 is 9.88 Å². The lowest BCUT2D eigenvalue weighted by Crippen LogP contribution is -2.35. The molecule has 25 heavy (non-hydrogen) atoms. The van der Waals surface area contributed by atoms with E-state index in [1.165, 1.54) is 19.3 Å². The molecule has 4 nitrogen and oxygen atoms in total. The second kappa shape index (κ2) is 4.88. The molecule has 130 valence electrons. The van der Waals surface area contributed by atoms with Crippen molar-refractivity contribution in [3.63, 3.8) is 0 Å². The van der Waals surface area contributed by atoms with Crippen molar-refractivity contribution < 1.29 is 0 Å². The quantitative estimate of drug-likeness (QED) is 0.655. The van der Waals surface area contributed by atoms with Gasteiger partial charge in [-0.1, -0.05) is 32.4 Å². The van der Waals surface area contributed by atoms with Gasteiger partial charge >= 0.3 is 0 Å². The zero-order valence-electron chi connectivity index (χ0n) is 14.9. The molecule has 2 aliphatic rings. The minimum atomic E-state index is 0.374. The predicted octanol–water partition coefficient (Wildman–Crippen LogP) is 5.17. The zero-order chi connectivity index (χ0) is 17.4. The highest BCUT2D eigenvalue weighted by molar-refractivity contribution is 6.31. The maximum Gasteiger partial charge on any atom is 0.156 e. The van der Waals surface area contributed by atoms with E-state index >= 15 is 0 Å². The largest absolute Gasteiger partial charge is 0.351 e. The minimum Gasteiger partial charge on any atom is -0.351 e. The molecule has 2 bridgehead atoms. The molecule has 0 amide bonds. The first-order valence-electron chi connectivity index (χ1n) is 9.02. The van der Waals surface area contributed by atoms with Crippen molar-refractivity contribution in [1.82, 2.24) is 15.0 Å². The Morgan fingerprint density at radius 2 is 2.04 bits per heavy atom.